The maximum absolute atomic E-state index is 13.0. The van der Waals surface area contributed by atoms with Crippen molar-refractivity contribution in [3.8, 4) is 11.5 Å². The molecule has 0 amide bonds. The molecule has 0 atom stereocenters. The van der Waals surface area contributed by atoms with Crippen LogP contribution in [0.3, 0.4) is 0 Å². The molecule has 1 saturated heterocycles. The van der Waals surface area contributed by atoms with Crippen LogP contribution in [0.1, 0.15) is 40.2 Å². The van der Waals surface area contributed by atoms with Gasteiger partial charge in [0.1, 0.15) is 5.82 Å². The zero-order chi connectivity index (χ0) is 22.8. The van der Waals surface area contributed by atoms with Crippen molar-refractivity contribution in [2.24, 2.45) is 5.92 Å². The molecule has 2 heterocycles. The van der Waals surface area contributed by atoms with Crippen molar-refractivity contribution >= 4 is 16.7 Å². The number of aromatic nitrogens is 2. The molecule has 1 N–H and O–H groups in total. The summed E-state index contributed by atoms with van der Waals surface area (Å²) >= 11 is 0. The average molecular weight is 436 g/mol. The van der Waals surface area contributed by atoms with Crippen molar-refractivity contribution < 1.29 is 14.3 Å². The predicted molar refractivity (Wildman–Crippen MR) is 124 cm³/mol. The summed E-state index contributed by atoms with van der Waals surface area (Å²) in [7, 11) is 3.09. The molecule has 7 heteroatoms. The lowest BCUT2D eigenvalue weighted by Gasteiger charge is -2.31. The Kier molecular flexibility index (Phi) is 6.28. The summed E-state index contributed by atoms with van der Waals surface area (Å²) in [5.74, 6) is 1.91. The lowest BCUT2D eigenvalue weighted by atomic mass is 9.87. The van der Waals surface area contributed by atoms with Gasteiger partial charge in [0.15, 0.2) is 17.3 Å². The van der Waals surface area contributed by atoms with E-state index < -0.39 is 0 Å². The summed E-state index contributed by atoms with van der Waals surface area (Å²) in [4.78, 5) is 35.4. The number of benzene rings is 2. The third-order valence-corrected chi connectivity index (χ3v) is 6.24. The summed E-state index contributed by atoms with van der Waals surface area (Å²) in [6, 6.07) is 9.39. The second kappa shape index (κ2) is 9.12. The van der Waals surface area contributed by atoms with Gasteiger partial charge in [-0.25, -0.2) is 4.98 Å². The van der Waals surface area contributed by atoms with Crippen LogP contribution in [0.4, 0.5) is 0 Å². The van der Waals surface area contributed by atoms with Gasteiger partial charge in [-0.3, -0.25) is 14.5 Å². The molecule has 0 aliphatic carbocycles. The Morgan fingerprint density at radius 1 is 1.09 bits per heavy atom. The number of hydrogen-bond donors (Lipinski definition) is 1. The molecule has 4 rings (SSSR count). The number of aryl methyl sites for hydroxylation is 2. The van der Waals surface area contributed by atoms with Gasteiger partial charge in [0.2, 0.25) is 0 Å². The first kappa shape index (κ1) is 22.0. The number of ether oxygens (including phenoxy) is 2. The minimum absolute atomic E-state index is 0.0352. The second-order valence-corrected chi connectivity index (χ2v) is 8.47. The molecule has 1 aromatic heterocycles. The Morgan fingerprint density at radius 2 is 1.78 bits per heavy atom. The summed E-state index contributed by atoms with van der Waals surface area (Å²) in [5, 5.41) is 0.462. The van der Waals surface area contributed by atoms with Gasteiger partial charge in [-0.15, -0.1) is 0 Å². The molecule has 1 fully saturated rings. The monoisotopic (exact) mass is 435 g/mol. The molecular weight excluding hydrogens is 406 g/mol. The minimum Gasteiger partial charge on any atom is -0.493 e. The highest BCUT2D eigenvalue weighted by molar-refractivity contribution is 5.99. The van der Waals surface area contributed by atoms with E-state index in [0.29, 0.717) is 34.8 Å². The number of hydrogen-bond acceptors (Lipinski definition) is 6. The van der Waals surface area contributed by atoms with E-state index in [2.05, 4.69) is 20.9 Å². The van der Waals surface area contributed by atoms with Crippen molar-refractivity contribution in [1.29, 1.82) is 0 Å². The van der Waals surface area contributed by atoms with Gasteiger partial charge in [0.05, 0.1) is 31.7 Å². The summed E-state index contributed by atoms with van der Waals surface area (Å²) in [5.41, 5.74) is 3.41. The topological polar surface area (TPSA) is 84.5 Å². The molecular formula is C25H29N3O4. The van der Waals surface area contributed by atoms with Crippen molar-refractivity contribution in [2.75, 3.05) is 27.3 Å². The Hall–Kier alpha value is -3.19. The zero-order valence-corrected chi connectivity index (χ0v) is 19.0. The van der Waals surface area contributed by atoms with Crippen LogP contribution in [-0.2, 0) is 6.54 Å². The normalized spacial score (nSPS) is 15.1. The lowest BCUT2D eigenvalue weighted by Crippen LogP contribution is -2.36. The van der Waals surface area contributed by atoms with Gasteiger partial charge in [-0.2, -0.15) is 0 Å². The number of carbonyl (C=O) groups excluding carboxylic acids is 1. The SMILES string of the molecule is COc1cc2nc(CN3CCC(C(=O)c4ccc(C)cc4C)CC3)[nH]c(=O)c2cc1OC. The summed E-state index contributed by atoms with van der Waals surface area (Å²) in [6.07, 6.45) is 1.60. The van der Waals surface area contributed by atoms with Gasteiger partial charge in [-0.05, 0) is 51.4 Å². The van der Waals surface area contributed by atoms with E-state index in [1.165, 1.54) is 12.7 Å². The van der Waals surface area contributed by atoms with E-state index in [1.54, 1.807) is 19.2 Å². The number of methoxy groups -OCH3 is 2. The van der Waals surface area contributed by atoms with Crippen LogP contribution in [0.15, 0.2) is 35.1 Å². The maximum Gasteiger partial charge on any atom is 0.258 e. The molecule has 0 unspecified atom stereocenters. The Bertz CT molecular complexity index is 1210. The molecule has 2 aromatic carbocycles. The number of H-pyrrole nitrogens is 1. The number of aromatic amines is 1. The molecule has 0 saturated carbocycles. The molecule has 7 nitrogen and oxygen atoms in total. The third-order valence-electron chi connectivity index (χ3n) is 6.24. The molecule has 0 bridgehead atoms. The van der Waals surface area contributed by atoms with Crippen molar-refractivity contribution in [1.82, 2.24) is 14.9 Å². The van der Waals surface area contributed by atoms with E-state index in [9.17, 15) is 9.59 Å². The third kappa shape index (κ3) is 4.39. The van der Waals surface area contributed by atoms with Crippen LogP contribution in [0.5, 0.6) is 11.5 Å². The van der Waals surface area contributed by atoms with Crippen LogP contribution >= 0.6 is 0 Å². The van der Waals surface area contributed by atoms with Gasteiger partial charge in [-0.1, -0.05) is 23.8 Å². The smallest absolute Gasteiger partial charge is 0.258 e. The lowest BCUT2D eigenvalue weighted by molar-refractivity contribution is 0.0832. The minimum atomic E-state index is -0.203. The standard InChI is InChI=1S/C25H29N3O4/c1-15-5-6-18(16(2)11-15)24(29)17-7-9-28(10-8-17)14-23-26-20-13-22(32-4)21(31-3)12-19(20)25(30)27-23/h5-6,11-13,17H,7-10,14H2,1-4H3,(H,26,27,30). The number of fused-ring (bicyclic) bond motifs is 1. The molecule has 32 heavy (non-hydrogen) atoms. The van der Waals surface area contributed by atoms with Gasteiger partial charge in [0, 0.05) is 17.5 Å². The second-order valence-electron chi connectivity index (χ2n) is 8.47. The molecule has 1 aliphatic rings. The van der Waals surface area contributed by atoms with E-state index >= 15 is 0 Å². The molecule has 1 aliphatic heterocycles. The van der Waals surface area contributed by atoms with Crippen LogP contribution in [0.2, 0.25) is 0 Å². The van der Waals surface area contributed by atoms with Crippen LogP contribution in [0.25, 0.3) is 10.9 Å². The highest BCUT2D eigenvalue weighted by Crippen LogP contribution is 2.30. The number of nitrogens with one attached hydrogen (secondary N) is 1. The van der Waals surface area contributed by atoms with Crippen molar-refractivity contribution in [3.05, 3.63) is 63.2 Å². The van der Waals surface area contributed by atoms with Crippen LogP contribution < -0.4 is 15.0 Å². The number of piperidine rings is 1. The molecule has 0 radical (unpaired) electrons. The van der Waals surface area contributed by atoms with Crippen molar-refractivity contribution in [3.63, 3.8) is 0 Å². The average Bonchev–Trinajstić information content (AvgIpc) is 2.78. The predicted octanol–water partition coefficient (Wildman–Crippen LogP) is 3.65. The van der Waals surface area contributed by atoms with Gasteiger partial charge in [0.25, 0.3) is 5.56 Å². The van der Waals surface area contributed by atoms with Crippen LogP contribution in [0, 0.1) is 19.8 Å². The van der Waals surface area contributed by atoms with E-state index in [0.717, 1.165) is 37.1 Å². The Morgan fingerprint density at radius 3 is 2.44 bits per heavy atom. The molecule has 168 valence electrons. The number of likely N-dealkylation sites (tertiary alicyclic amines) is 1. The number of carbonyl (C=O) groups is 1. The largest absolute Gasteiger partial charge is 0.493 e. The first-order valence-corrected chi connectivity index (χ1v) is 10.9. The Balaban J connectivity index is 1.46. The quantitative estimate of drug-likeness (QED) is 0.595. The number of Topliss-reactive ketones (excluding diaryl/α,β-unsaturated/α-hetero) is 1. The fourth-order valence-electron chi connectivity index (χ4n) is 4.46. The Labute approximate surface area is 187 Å². The first-order valence-electron chi connectivity index (χ1n) is 10.9. The molecule has 0 spiro atoms. The number of nitrogens with zero attached hydrogens (tertiary/aromatic N) is 2. The zero-order valence-electron chi connectivity index (χ0n) is 19.0. The van der Waals surface area contributed by atoms with Gasteiger partial charge < -0.3 is 14.5 Å². The molecule has 3 aromatic rings. The van der Waals surface area contributed by atoms with E-state index in [1.807, 2.05) is 26.0 Å². The van der Waals surface area contributed by atoms with E-state index in [4.69, 9.17) is 9.47 Å². The highest BCUT2D eigenvalue weighted by Gasteiger charge is 2.27. The van der Waals surface area contributed by atoms with E-state index in [-0.39, 0.29) is 17.3 Å². The van der Waals surface area contributed by atoms with Crippen LogP contribution in [-0.4, -0.2) is 48.0 Å². The summed E-state index contributed by atoms with van der Waals surface area (Å²) < 4.78 is 10.6. The first-order chi connectivity index (χ1) is 15.4. The highest BCUT2D eigenvalue weighted by atomic mass is 16.5. The number of ketones is 1. The maximum atomic E-state index is 13.0. The summed E-state index contributed by atoms with van der Waals surface area (Å²) in [6.45, 7) is 6.15. The fraction of sp³-hybridized carbons (Fsp3) is 0.400. The van der Waals surface area contributed by atoms with Crippen molar-refractivity contribution in [2.45, 2.75) is 33.2 Å². The number of rotatable bonds is 6. The fourth-order valence-corrected chi connectivity index (χ4v) is 4.46. The van der Waals surface area contributed by atoms with Gasteiger partial charge >= 0.3 is 0 Å².